The smallest absolute Gasteiger partial charge is 0.325 e. The van der Waals surface area contributed by atoms with E-state index in [2.05, 4.69) is 25.0 Å². The van der Waals surface area contributed by atoms with Crippen LogP contribution in [-0.2, 0) is 9.53 Å². The van der Waals surface area contributed by atoms with Crippen LogP contribution in [0.4, 0.5) is 5.95 Å². The van der Waals surface area contributed by atoms with Crippen LogP contribution in [0.5, 0.6) is 6.01 Å². The van der Waals surface area contributed by atoms with E-state index < -0.39 is 5.97 Å². The summed E-state index contributed by atoms with van der Waals surface area (Å²) in [6.45, 7) is 3.61. The van der Waals surface area contributed by atoms with Crippen LogP contribution in [0, 0.1) is 0 Å². The molecule has 0 atom stereocenters. The molecule has 94 valence electrons. The summed E-state index contributed by atoms with van der Waals surface area (Å²) in [7, 11) is 1.29. The molecule has 0 saturated carbocycles. The first-order chi connectivity index (χ1) is 8.01. The molecule has 0 radical (unpaired) electrons. The fraction of sp³-hybridized carbons (Fsp3) is 0.556. The lowest BCUT2D eigenvalue weighted by molar-refractivity contribution is -0.138. The van der Waals surface area contributed by atoms with E-state index in [0.29, 0.717) is 0 Å². The first-order valence-electron chi connectivity index (χ1n) is 4.90. The van der Waals surface area contributed by atoms with Crippen LogP contribution >= 0.6 is 11.6 Å². The fourth-order valence-corrected chi connectivity index (χ4v) is 1.05. The van der Waals surface area contributed by atoms with Crippen LogP contribution in [0.3, 0.4) is 0 Å². The molecule has 1 aromatic rings. The second kappa shape index (κ2) is 6.19. The first-order valence-corrected chi connectivity index (χ1v) is 5.28. The van der Waals surface area contributed by atoms with Crippen LogP contribution < -0.4 is 10.1 Å². The van der Waals surface area contributed by atoms with Crippen LogP contribution in [0.2, 0.25) is 5.28 Å². The Morgan fingerprint density at radius 1 is 1.41 bits per heavy atom. The quantitative estimate of drug-likeness (QED) is 0.787. The molecule has 0 aliphatic rings. The maximum Gasteiger partial charge on any atom is 0.325 e. The van der Waals surface area contributed by atoms with Gasteiger partial charge in [-0.1, -0.05) is 0 Å². The zero-order chi connectivity index (χ0) is 12.8. The number of methoxy groups -OCH3 is 1. The molecule has 1 N–H and O–H groups in total. The summed E-state index contributed by atoms with van der Waals surface area (Å²) in [4.78, 5) is 22.4. The lowest BCUT2D eigenvalue weighted by Crippen LogP contribution is -2.17. The number of nitrogens with zero attached hydrogens (tertiary/aromatic N) is 3. The third kappa shape index (κ3) is 4.81. The maximum atomic E-state index is 10.9. The van der Waals surface area contributed by atoms with Gasteiger partial charge in [-0.15, -0.1) is 0 Å². The van der Waals surface area contributed by atoms with Gasteiger partial charge in [0.25, 0.3) is 0 Å². The van der Waals surface area contributed by atoms with Gasteiger partial charge in [-0.2, -0.15) is 15.0 Å². The number of anilines is 1. The minimum Gasteiger partial charge on any atom is -0.468 e. The second-order valence-electron chi connectivity index (χ2n) is 3.31. The molecule has 0 amide bonds. The zero-order valence-electron chi connectivity index (χ0n) is 9.73. The van der Waals surface area contributed by atoms with Gasteiger partial charge in [0, 0.05) is 0 Å². The van der Waals surface area contributed by atoms with E-state index in [1.54, 1.807) is 0 Å². The molecule has 0 unspecified atom stereocenters. The van der Waals surface area contributed by atoms with Crippen LogP contribution in [0.25, 0.3) is 0 Å². The van der Waals surface area contributed by atoms with Crippen LogP contribution in [-0.4, -0.2) is 40.7 Å². The maximum absolute atomic E-state index is 10.9. The molecule has 7 nitrogen and oxygen atoms in total. The van der Waals surface area contributed by atoms with E-state index in [9.17, 15) is 4.79 Å². The highest BCUT2D eigenvalue weighted by Crippen LogP contribution is 2.12. The van der Waals surface area contributed by atoms with Crippen molar-refractivity contribution in [2.24, 2.45) is 0 Å². The number of halogens is 1. The predicted molar refractivity (Wildman–Crippen MR) is 61.1 cm³/mol. The molecule has 0 bridgehead atoms. The molecule has 8 heteroatoms. The van der Waals surface area contributed by atoms with Crippen molar-refractivity contribution in [3.8, 4) is 6.01 Å². The van der Waals surface area contributed by atoms with Gasteiger partial charge in [0.15, 0.2) is 0 Å². The Hall–Kier alpha value is -1.63. The van der Waals surface area contributed by atoms with E-state index in [0.717, 1.165) is 0 Å². The number of esters is 1. The second-order valence-corrected chi connectivity index (χ2v) is 3.64. The number of nitrogens with one attached hydrogen (secondary N) is 1. The molecule has 0 aliphatic heterocycles. The van der Waals surface area contributed by atoms with E-state index in [1.807, 2.05) is 13.8 Å². The third-order valence-electron chi connectivity index (χ3n) is 1.55. The molecule has 0 saturated heterocycles. The van der Waals surface area contributed by atoms with Crippen molar-refractivity contribution in [2.75, 3.05) is 19.0 Å². The number of hydrogen-bond acceptors (Lipinski definition) is 7. The highest BCUT2D eigenvalue weighted by atomic mass is 35.5. The molecule has 1 rings (SSSR count). The Morgan fingerprint density at radius 2 is 2.12 bits per heavy atom. The number of ether oxygens (including phenoxy) is 2. The molecular formula is C9H13ClN4O3. The van der Waals surface area contributed by atoms with Gasteiger partial charge in [-0.3, -0.25) is 4.79 Å². The standard InChI is InChI=1S/C9H13ClN4O3/c1-5(2)17-9-13-7(10)12-8(14-9)11-4-6(15)16-3/h5H,4H2,1-3H3,(H,11,12,13,14). The number of rotatable bonds is 5. The van der Waals surface area contributed by atoms with Crippen molar-refractivity contribution in [1.82, 2.24) is 15.0 Å². The van der Waals surface area contributed by atoms with E-state index in [4.69, 9.17) is 16.3 Å². The number of carbonyl (C=O) groups excluding carboxylic acids is 1. The Kier molecular flexibility index (Phi) is 4.89. The van der Waals surface area contributed by atoms with Crippen LogP contribution in [0.1, 0.15) is 13.8 Å². The van der Waals surface area contributed by atoms with Gasteiger partial charge in [0.05, 0.1) is 13.2 Å². The molecule has 1 heterocycles. The molecule has 17 heavy (non-hydrogen) atoms. The highest BCUT2D eigenvalue weighted by Gasteiger charge is 2.08. The summed E-state index contributed by atoms with van der Waals surface area (Å²) in [5.41, 5.74) is 0. The highest BCUT2D eigenvalue weighted by molar-refractivity contribution is 6.28. The molecular weight excluding hydrogens is 248 g/mol. The topological polar surface area (TPSA) is 86.2 Å². The predicted octanol–water partition coefficient (Wildman–Crippen LogP) is 0.897. The lowest BCUT2D eigenvalue weighted by atomic mass is 10.5. The van der Waals surface area contributed by atoms with Gasteiger partial charge in [-0.25, -0.2) is 0 Å². The average Bonchev–Trinajstić information content (AvgIpc) is 2.24. The van der Waals surface area contributed by atoms with Crippen molar-refractivity contribution < 1.29 is 14.3 Å². The van der Waals surface area contributed by atoms with Crippen molar-refractivity contribution in [3.63, 3.8) is 0 Å². The Morgan fingerprint density at radius 3 is 2.71 bits per heavy atom. The van der Waals surface area contributed by atoms with E-state index in [1.165, 1.54) is 7.11 Å². The Bertz CT molecular complexity index is 400. The molecule has 0 aromatic carbocycles. The summed E-state index contributed by atoms with van der Waals surface area (Å²) in [6, 6.07) is 0.104. The van der Waals surface area contributed by atoms with E-state index >= 15 is 0 Å². The van der Waals surface area contributed by atoms with Crippen molar-refractivity contribution in [2.45, 2.75) is 20.0 Å². The first kappa shape index (κ1) is 13.4. The number of aromatic nitrogens is 3. The lowest BCUT2D eigenvalue weighted by Gasteiger charge is -2.09. The van der Waals surface area contributed by atoms with Gasteiger partial charge >= 0.3 is 12.0 Å². The zero-order valence-corrected chi connectivity index (χ0v) is 10.5. The Balaban J connectivity index is 2.71. The summed E-state index contributed by atoms with van der Waals surface area (Å²) in [6.07, 6.45) is -0.0816. The Labute approximate surface area is 104 Å². The van der Waals surface area contributed by atoms with Crippen LogP contribution in [0.15, 0.2) is 0 Å². The summed E-state index contributed by atoms with van der Waals surface area (Å²) >= 11 is 5.68. The number of carbonyl (C=O) groups is 1. The van der Waals surface area contributed by atoms with Crippen molar-refractivity contribution in [3.05, 3.63) is 5.28 Å². The largest absolute Gasteiger partial charge is 0.468 e. The van der Waals surface area contributed by atoms with Gasteiger partial charge in [0.2, 0.25) is 11.2 Å². The minimum absolute atomic E-state index is 0.0111. The third-order valence-corrected chi connectivity index (χ3v) is 1.72. The van der Waals surface area contributed by atoms with Gasteiger partial charge < -0.3 is 14.8 Å². The minimum atomic E-state index is -0.437. The normalized spacial score (nSPS) is 10.2. The summed E-state index contributed by atoms with van der Waals surface area (Å²) in [5, 5.41) is 2.64. The monoisotopic (exact) mass is 260 g/mol. The molecule has 0 spiro atoms. The molecule has 0 aliphatic carbocycles. The SMILES string of the molecule is COC(=O)CNc1nc(Cl)nc(OC(C)C)n1. The van der Waals surface area contributed by atoms with E-state index in [-0.39, 0.29) is 29.9 Å². The van der Waals surface area contributed by atoms with Crippen molar-refractivity contribution >= 4 is 23.5 Å². The van der Waals surface area contributed by atoms with Gasteiger partial charge in [-0.05, 0) is 25.4 Å². The fourth-order valence-electron chi connectivity index (χ4n) is 0.898. The molecule has 1 aromatic heterocycles. The molecule has 0 fully saturated rings. The number of hydrogen-bond donors (Lipinski definition) is 1. The van der Waals surface area contributed by atoms with Gasteiger partial charge in [0.1, 0.15) is 6.54 Å². The van der Waals surface area contributed by atoms with Crippen molar-refractivity contribution in [1.29, 1.82) is 0 Å². The summed E-state index contributed by atoms with van der Waals surface area (Å²) < 4.78 is 9.73. The average molecular weight is 261 g/mol. The summed E-state index contributed by atoms with van der Waals surface area (Å²) in [5.74, 6) is -0.279.